The molecule has 1 saturated carbocycles. The number of aromatic nitrogens is 2. The number of carbonyl (C=O) groups excluding carboxylic acids is 1. The van der Waals surface area contributed by atoms with Crippen molar-refractivity contribution in [2.75, 3.05) is 11.9 Å². The molecule has 1 aliphatic carbocycles. The highest BCUT2D eigenvalue weighted by Gasteiger charge is 2.28. The molecule has 1 aromatic heterocycles. The van der Waals surface area contributed by atoms with E-state index in [-0.39, 0.29) is 6.03 Å². The van der Waals surface area contributed by atoms with Crippen LogP contribution in [0.5, 0.6) is 0 Å². The first kappa shape index (κ1) is 13.9. The van der Waals surface area contributed by atoms with Crippen molar-refractivity contribution in [3.8, 4) is 0 Å². The Kier molecular flexibility index (Phi) is 4.42. The highest BCUT2D eigenvalue weighted by molar-refractivity contribution is 5.88. The molecule has 6 heteroatoms. The van der Waals surface area contributed by atoms with Gasteiger partial charge < -0.3 is 10.4 Å². The van der Waals surface area contributed by atoms with Crippen molar-refractivity contribution in [1.29, 1.82) is 0 Å². The summed E-state index contributed by atoms with van der Waals surface area (Å²) >= 11 is 0. The molecule has 0 aliphatic heterocycles. The molecule has 2 rings (SSSR count). The number of hydrogen-bond donors (Lipinski definition) is 3. The summed E-state index contributed by atoms with van der Waals surface area (Å²) in [5.41, 5.74) is -0.752. The predicted octanol–water partition coefficient (Wildman–Crippen LogP) is 1.63. The summed E-state index contributed by atoms with van der Waals surface area (Å²) in [6.07, 6.45) is 7.67. The molecule has 1 aromatic rings. The third kappa shape index (κ3) is 4.24. The number of anilines is 1. The quantitative estimate of drug-likeness (QED) is 0.727. The van der Waals surface area contributed by atoms with E-state index >= 15 is 0 Å². The van der Waals surface area contributed by atoms with E-state index in [1.54, 1.807) is 24.0 Å². The van der Waals surface area contributed by atoms with Crippen LogP contribution in [0.15, 0.2) is 12.3 Å². The lowest BCUT2D eigenvalue weighted by atomic mass is 9.95. The zero-order valence-corrected chi connectivity index (χ0v) is 11.4. The van der Waals surface area contributed by atoms with Crippen LogP contribution in [-0.2, 0) is 7.05 Å². The van der Waals surface area contributed by atoms with Crippen LogP contribution >= 0.6 is 0 Å². The van der Waals surface area contributed by atoms with Gasteiger partial charge in [-0.1, -0.05) is 25.7 Å². The Morgan fingerprint density at radius 3 is 2.68 bits per heavy atom. The van der Waals surface area contributed by atoms with Gasteiger partial charge >= 0.3 is 6.03 Å². The van der Waals surface area contributed by atoms with E-state index in [9.17, 15) is 9.90 Å². The van der Waals surface area contributed by atoms with Gasteiger partial charge in [0.25, 0.3) is 0 Å². The highest BCUT2D eigenvalue weighted by atomic mass is 16.3. The summed E-state index contributed by atoms with van der Waals surface area (Å²) < 4.78 is 1.62. The van der Waals surface area contributed by atoms with E-state index < -0.39 is 5.60 Å². The molecule has 0 aromatic carbocycles. The molecule has 0 radical (unpaired) electrons. The van der Waals surface area contributed by atoms with Crippen molar-refractivity contribution in [3.63, 3.8) is 0 Å². The smallest absolute Gasteiger partial charge is 0.320 e. The number of aryl methyl sites for hydroxylation is 1. The lowest BCUT2D eigenvalue weighted by Gasteiger charge is -2.26. The van der Waals surface area contributed by atoms with E-state index in [1.807, 2.05) is 0 Å². The maximum Gasteiger partial charge on any atom is 0.320 e. The van der Waals surface area contributed by atoms with Crippen molar-refractivity contribution >= 4 is 11.8 Å². The number of rotatable bonds is 3. The van der Waals surface area contributed by atoms with Gasteiger partial charge in [-0.25, -0.2) is 4.79 Å². The topological polar surface area (TPSA) is 79.2 Å². The van der Waals surface area contributed by atoms with Crippen LogP contribution in [0.2, 0.25) is 0 Å². The number of urea groups is 1. The molecule has 1 heterocycles. The van der Waals surface area contributed by atoms with Crippen LogP contribution in [0.25, 0.3) is 0 Å². The van der Waals surface area contributed by atoms with Gasteiger partial charge in [0.15, 0.2) is 5.82 Å². The molecule has 6 nitrogen and oxygen atoms in total. The minimum Gasteiger partial charge on any atom is -0.388 e. The molecule has 1 fully saturated rings. The number of aliphatic hydroxyl groups is 1. The van der Waals surface area contributed by atoms with Crippen LogP contribution < -0.4 is 10.6 Å². The molecule has 19 heavy (non-hydrogen) atoms. The van der Waals surface area contributed by atoms with Crippen LogP contribution in [0.3, 0.4) is 0 Å². The summed E-state index contributed by atoms with van der Waals surface area (Å²) in [5.74, 6) is 0.507. The minimum absolute atomic E-state index is 0.297. The average molecular weight is 266 g/mol. The van der Waals surface area contributed by atoms with Crippen LogP contribution in [0.1, 0.15) is 38.5 Å². The summed E-state index contributed by atoms with van der Waals surface area (Å²) in [4.78, 5) is 11.7. The van der Waals surface area contributed by atoms with Gasteiger partial charge in [0.1, 0.15) is 0 Å². The second kappa shape index (κ2) is 6.06. The Morgan fingerprint density at radius 2 is 2.11 bits per heavy atom. The maximum atomic E-state index is 11.7. The molecule has 0 atom stereocenters. The fourth-order valence-corrected chi connectivity index (χ4v) is 2.45. The van der Waals surface area contributed by atoms with Gasteiger partial charge in [-0.3, -0.25) is 10.00 Å². The first-order valence-electron chi connectivity index (χ1n) is 6.84. The predicted molar refractivity (Wildman–Crippen MR) is 72.9 cm³/mol. The third-order valence-corrected chi connectivity index (χ3v) is 3.57. The lowest BCUT2D eigenvalue weighted by Crippen LogP contribution is -2.44. The van der Waals surface area contributed by atoms with E-state index in [0.29, 0.717) is 12.4 Å². The second-order valence-corrected chi connectivity index (χ2v) is 5.32. The zero-order chi connectivity index (χ0) is 13.7. The van der Waals surface area contributed by atoms with Crippen LogP contribution in [0.4, 0.5) is 10.6 Å². The molecular weight excluding hydrogens is 244 g/mol. The molecule has 0 unspecified atom stereocenters. The Balaban J connectivity index is 1.79. The molecule has 2 amide bonds. The number of amides is 2. The van der Waals surface area contributed by atoms with Gasteiger partial charge in [-0.15, -0.1) is 0 Å². The SMILES string of the molecule is Cn1ccc(NC(=O)NCC2(O)CCCCCC2)n1. The monoisotopic (exact) mass is 266 g/mol. The molecule has 0 bridgehead atoms. The fourth-order valence-electron chi connectivity index (χ4n) is 2.45. The van der Waals surface area contributed by atoms with Crippen molar-refractivity contribution in [2.45, 2.75) is 44.1 Å². The Morgan fingerprint density at radius 1 is 1.42 bits per heavy atom. The fraction of sp³-hybridized carbons (Fsp3) is 0.692. The number of nitrogens with one attached hydrogen (secondary N) is 2. The van der Waals surface area contributed by atoms with Gasteiger partial charge in [0, 0.05) is 25.9 Å². The molecule has 0 saturated heterocycles. The number of hydrogen-bond acceptors (Lipinski definition) is 3. The second-order valence-electron chi connectivity index (χ2n) is 5.32. The minimum atomic E-state index is -0.752. The standard InChI is InChI=1S/C13H22N4O2/c1-17-9-6-11(16-17)15-12(18)14-10-13(19)7-4-2-3-5-8-13/h6,9,19H,2-5,7-8,10H2,1H3,(H2,14,15,16,18). The molecule has 106 valence electrons. The van der Waals surface area contributed by atoms with Gasteiger partial charge in [0.2, 0.25) is 0 Å². The molecule has 1 aliphatic rings. The Labute approximate surface area is 113 Å². The third-order valence-electron chi connectivity index (χ3n) is 3.57. The van der Waals surface area contributed by atoms with E-state index in [4.69, 9.17) is 0 Å². The Hall–Kier alpha value is -1.56. The molecule has 0 spiro atoms. The van der Waals surface area contributed by atoms with Crippen LogP contribution in [0, 0.1) is 0 Å². The first-order valence-corrected chi connectivity index (χ1v) is 6.84. The van der Waals surface area contributed by atoms with Crippen LogP contribution in [-0.4, -0.2) is 33.1 Å². The number of carbonyl (C=O) groups is 1. The summed E-state index contributed by atoms with van der Waals surface area (Å²) in [6, 6.07) is 1.40. The summed E-state index contributed by atoms with van der Waals surface area (Å²) in [5, 5.41) is 19.8. The van der Waals surface area contributed by atoms with Gasteiger partial charge in [-0.2, -0.15) is 5.10 Å². The van der Waals surface area contributed by atoms with Crippen molar-refractivity contribution < 1.29 is 9.90 Å². The first-order chi connectivity index (χ1) is 9.07. The molecule has 3 N–H and O–H groups in total. The lowest BCUT2D eigenvalue weighted by molar-refractivity contribution is 0.0281. The summed E-state index contributed by atoms with van der Waals surface area (Å²) in [6.45, 7) is 0.297. The maximum absolute atomic E-state index is 11.7. The van der Waals surface area contributed by atoms with Crippen molar-refractivity contribution in [1.82, 2.24) is 15.1 Å². The van der Waals surface area contributed by atoms with Gasteiger partial charge in [-0.05, 0) is 12.8 Å². The van der Waals surface area contributed by atoms with E-state index in [0.717, 1.165) is 25.7 Å². The van der Waals surface area contributed by atoms with Crippen molar-refractivity contribution in [2.24, 2.45) is 7.05 Å². The highest BCUT2D eigenvalue weighted by Crippen LogP contribution is 2.26. The zero-order valence-electron chi connectivity index (χ0n) is 11.4. The Bertz CT molecular complexity index is 422. The van der Waals surface area contributed by atoms with Crippen molar-refractivity contribution in [3.05, 3.63) is 12.3 Å². The number of nitrogens with zero attached hydrogens (tertiary/aromatic N) is 2. The summed E-state index contributed by atoms with van der Waals surface area (Å²) in [7, 11) is 1.79. The molecular formula is C13H22N4O2. The average Bonchev–Trinajstić information content (AvgIpc) is 2.64. The normalized spacial score (nSPS) is 18.6. The largest absolute Gasteiger partial charge is 0.388 e. The van der Waals surface area contributed by atoms with E-state index in [1.165, 1.54) is 12.8 Å². The van der Waals surface area contributed by atoms with E-state index in [2.05, 4.69) is 15.7 Å². The van der Waals surface area contributed by atoms with Gasteiger partial charge in [0.05, 0.1) is 5.60 Å².